The molecule has 3 aromatic rings. The van der Waals surface area contributed by atoms with Crippen LogP contribution in [0.4, 0.5) is 0 Å². The summed E-state index contributed by atoms with van der Waals surface area (Å²) in [7, 11) is 0. The van der Waals surface area contributed by atoms with Crippen molar-refractivity contribution in [2.24, 2.45) is 5.73 Å². The topological polar surface area (TPSA) is 66.0 Å². The molecule has 0 unspecified atom stereocenters. The summed E-state index contributed by atoms with van der Waals surface area (Å²) < 4.78 is 7.68. The van der Waals surface area contributed by atoms with Crippen molar-refractivity contribution in [3.63, 3.8) is 0 Å². The van der Waals surface area contributed by atoms with Crippen LogP contribution in [0.1, 0.15) is 22.5 Å². The van der Waals surface area contributed by atoms with Crippen molar-refractivity contribution in [2.45, 2.75) is 27.0 Å². The number of para-hydroxylation sites is 1. The van der Waals surface area contributed by atoms with Gasteiger partial charge >= 0.3 is 0 Å². The van der Waals surface area contributed by atoms with Crippen molar-refractivity contribution in [1.29, 1.82) is 0 Å². The van der Waals surface area contributed by atoms with E-state index in [1.807, 2.05) is 41.1 Å². The first-order valence-corrected chi connectivity index (χ1v) is 7.58. The van der Waals surface area contributed by atoms with Crippen molar-refractivity contribution < 1.29 is 4.74 Å². The van der Waals surface area contributed by atoms with Gasteiger partial charge < -0.3 is 10.5 Å². The van der Waals surface area contributed by atoms with Gasteiger partial charge in [0.2, 0.25) is 0 Å². The third-order valence-corrected chi connectivity index (χ3v) is 3.74. The van der Waals surface area contributed by atoms with E-state index in [1.165, 1.54) is 5.56 Å². The van der Waals surface area contributed by atoms with Crippen molar-refractivity contribution in [1.82, 2.24) is 15.0 Å². The van der Waals surface area contributed by atoms with E-state index in [2.05, 4.69) is 36.3 Å². The number of rotatable bonds is 5. The Labute approximate surface area is 135 Å². The molecule has 0 spiro atoms. The van der Waals surface area contributed by atoms with Crippen molar-refractivity contribution in [2.75, 3.05) is 0 Å². The van der Waals surface area contributed by atoms with Gasteiger partial charge in [0.25, 0.3) is 0 Å². The first-order valence-electron chi connectivity index (χ1n) is 7.58. The lowest BCUT2D eigenvalue weighted by atomic mass is 10.1. The first-order chi connectivity index (χ1) is 11.2. The molecule has 5 nitrogen and oxygen atoms in total. The number of nitrogens with zero attached hydrogens (tertiary/aromatic N) is 3. The van der Waals surface area contributed by atoms with Crippen molar-refractivity contribution >= 4 is 0 Å². The third-order valence-electron chi connectivity index (χ3n) is 3.74. The van der Waals surface area contributed by atoms with Crippen LogP contribution in [-0.2, 0) is 13.2 Å². The van der Waals surface area contributed by atoms with Crippen LogP contribution >= 0.6 is 0 Å². The van der Waals surface area contributed by atoms with Gasteiger partial charge in [-0.25, -0.2) is 4.68 Å². The second-order valence-electron chi connectivity index (χ2n) is 5.49. The fraction of sp³-hybridized carbons (Fsp3) is 0.222. The molecule has 23 heavy (non-hydrogen) atoms. The highest BCUT2D eigenvalue weighted by atomic mass is 16.5. The second kappa shape index (κ2) is 6.62. The monoisotopic (exact) mass is 308 g/mol. The maximum atomic E-state index is 5.86. The molecule has 2 N–H and O–H groups in total. The lowest BCUT2D eigenvalue weighted by Crippen LogP contribution is -2.10. The van der Waals surface area contributed by atoms with Crippen LogP contribution in [0.5, 0.6) is 5.75 Å². The van der Waals surface area contributed by atoms with Crippen LogP contribution in [0.25, 0.3) is 5.69 Å². The Hall–Kier alpha value is -2.66. The molecule has 0 saturated carbocycles. The van der Waals surface area contributed by atoms with E-state index in [0.717, 1.165) is 28.4 Å². The molecule has 0 aliphatic heterocycles. The largest absolute Gasteiger partial charge is 0.487 e. The van der Waals surface area contributed by atoms with Crippen LogP contribution in [0, 0.1) is 13.8 Å². The molecule has 0 fully saturated rings. The Morgan fingerprint density at radius 3 is 2.57 bits per heavy atom. The molecule has 5 heteroatoms. The average molecular weight is 308 g/mol. The van der Waals surface area contributed by atoms with E-state index in [-0.39, 0.29) is 0 Å². The highest BCUT2D eigenvalue weighted by Gasteiger charge is 2.15. The lowest BCUT2D eigenvalue weighted by molar-refractivity contribution is 0.296. The minimum atomic E-state index is 0.332. The summed E-state index contributed by atoms with van der Waals surface area (Å²) in [4.78, 5) is 0. The Morgan fingerprint density at radius 2 is 1.87 bits per heavy atom. The molecule has 1 heterocycles. The number of hydrogen-bond acceptors (Lipinski definition) is 4. The fourth-order valence-electron chi connectivity index (χ4n) is 2.54. The third kappa shape index (κ3) is 3.24. The summed E-state index contributed by atoms with van der Waals surface area (Å²) in [6.45, 7) is 4.84. The molecule has 1 aromatic heterocycles. The number of nitrogens with two attached hydrogens (primary N) is 1. The van der Waals surface area contributed by atoms with Gasteiger partial charge in [0.15, 0.2) is 0 Å². The van der Waals surface area contributed by atoms with Gasteiger partial charge in [0.05, 0.1) is 5.69 Å². The van der Waals surface area contributed by atoms with Crippen molar-refractivity contribution in [3.8, 4) is 11.4 Å². The van der Waals surface area contributed by atoms with Gasteiger partial charge in [-0.1, -0.05) is 41.1 Å². The summed E-state index contributed by atoms with van der Waals surface area (Å²) in [5.41, 5.74) is 10.8. The van der Waals surface area contributed by atoms with Crippen LogP contribution in [0.15, 0.2) is 48.5 Å². The van der Waals surface area contributed by atoms with Gasteiger partial charge in [-0.15, -0.1) is 5.10 Å². The van der Waals surface area contributed by atoms with Crippen LogP contribution in [0.2, 0.25) is 0 Å². The SMILES string of the molecule is Cc1ccc(-n2nnc(CN)c2COc2ccccc2)c(C)c1. The van der Waals surface area contributed by atoms with E-state index < -0.39 is 0 Å². The number of aromatic nitrogens is 3. The molecule has 0 atom stereocenters. The summed E-state index contributed by atoms with van der Waals surface area (Å²) >= 11 is 0. The molecule has 118 valence electrons. The highest BCUT2D eigenvalue weighted by Crippen LogP contribution is 2.20. The Morgan fingerprint density at radius 1 is 1.09 bits per heavy atom. The Balaban J connectivity index is 1.94. The van der Waals surface area contributed by atoms with Gasteiger partial charge in [-0.05, 0) is 37.6 Å². The molecule has 0 amide bonds. The number of benzene rings is 2. The number of hydrogen-bond donors (Lipinski definition) is 1. The van der Waals surface area contributed by atoms with Crippen LogP contribution in [-0.4, -0.2) is 15.0 Å². The zero-order chi connectivity index (χ0) is 16.2. The van der Waals surface area contributed by atoms with E-state index in [0.29, 0.717) is 13.2 Å². The lowest BCUT2D eigenvalue weighted by Gasteiger charge is -2.12. The molecule has 3 rings (SSSR count). The van der Waals surface area contributed by atoms with E-state index in [1.54, 1.807) is 0 Å². The minimum absolute atomic E-state index is 0.332. The zero-order valence-corrected chi connectivity index (χ0v) is 13.4. The predicted octanol–water partition coefficient (Wildman–Crippen LogP) is 2.92. The van der Waals surface area contributed by atoms with E-state index in [9.17, 15) is 0 Å². The standard InChI is InChI=1S/C18H20N4O/c1-13-8-9-17(14(2)10-13)22-18(16(11-19)20-21-22)12-23-15-6-4-3-5-7-15/h3-10H,11-12,19H2,1-2H3. The van der Waals surface area contributed by atoms with Gasteiger partial charge in [0, 0.05) is 6.54 Å². The summed E-state index contributed by atoms with van der Waals surface area (Å²) in [6, 6.07) is 15.9. The molecule has 2 aromatic carbocycles. The van der Waals surface area contributed by atoms with E-state index >= 15 is 0 Å². The van der Waals surface area contributed by atoms with Gasteiger partial charge in [0.1, 0.15) is 23.7 Å². The Kier molecular flexibility index (Phi) is 4.39. The fourth-order valence-corrected chi connectivity index (χ4v) is 2.54. The maximum Gasteiger partial charge on any atom is 0.132 e. The number of ether oxygens (including phenoxy) is 1. The normalized spacial score (nSPS) is 10.7. The molecular weight excluding hydrogens is 288 g/mol. The molecule has 0 saturated heterocycles. The second-order valence-corrected chi connectivity index (χ2v) is 5.49. The average Bonchev–Trinajstić information content (AvgIpc) is 2.96. The zero-order valence-electron chi connectivity index (χ0n) is 13.4. The first kappa shape index (κ1) is 15.2. The van der Waals surface area contributed by atoms with E-state index in [4.69, 9.17) is 10.5 Å². The smallest absolute Gasteiger partial charge is 0.132 e. The summed E-state index contributed by atoms with van der Waals surface area (Å²) in [5, 5.41) is 8.46. The van der Waals surface area contributed by atoms with Gasteiger partial charge in [-0.3, -0.25) is 0 Å². The number of aryl methyl sites for hydroxylation is 2. The van der Waals surface area contributed by atoms with Gasteiger partial charge in [-0.2, -0.15) is 0 Å². The molecular formula is C18H20N4O. The van der Waals surface area contributed by atoms with Crippen LogP contribution < -0.4 is 10.5 Å². The molecule has 0 radical (unpaired) electrons. The summed E-state index contributed by atoms with van der Waals surface area (Å²) in [6.07, 6.45) is 0. The summed E-state index contributed by atoms with van der Waals surface area (Å²) in [5.74, 6) is 0.809. The maximum absolute atomic E-state index is 5.86. The quantitative estimate of drug-likeness (QED) is 0.787. The van der Waals surface area contributed by atoms with Crippen LogP contribution in [0.3, 0.4) is 0 Å². The predicted molar refractivity (Wildman–Crippen MR) is 89.5 cm³/mol. The highest BCUT2D eigenvalue weighted by molar-refractivity contribution is 5.43. The van der Waals surface area contributed by atoms with Crippen molar-refractivity contribution in [3.05, 3.63) is 71.0 Å². The Bertz CT molecular complexity index is 796. The molecule has 0 aliphatic rings. The molecule has 0 aliphatic carbocycles. The minimum Gasteiger partial charge on any atom is -0.487 e. The molecule has 0 bridgehead atoms.